The topological polar surface area (TPSA) is 81.5 Å². The molecule has 4 amide bonds. The average molecular weight is 534 g/mol. The Balaban J connectivity index is 1.70. The van der Waals surface area contributed by atoms with E-state index >= 15 is 0 Å². The van der Waals surface area contributed by atoms with Gasteiger partial charge < -0.3 is 0 Å². The molecule has 0 aliphatic carbocycles. The molecule has 4 aromatic rings. The number of urea groups is 1. The molecule has 0 bridgehead atoms. The second kappa shape index (κ2) is 11.2. The molecule has 0 N–H and O–H groups in total. The average Bonchev–Trinajstić information content (AvgIpc) is 2.97. The van der Waals surface area contributed by atoms with Gasteiger partial charge in [-0.25, -0.2) is 4.79 Å². The van der Waals surface area contributed by atoms with Crippen molar-refractivity contribution in [3.05, 3.63) is 138 Å². The summed E-state index contributed by atoms with van der Waals surface area (Å²) in [6.07, 6.45) is 0. The third-order valence-electron chi connectivity index (χ3n) is 5.64. The van der Waals surface area contributed by atoms with Crippen LogP contribution < -0.4 is 0 Å². The summed E-state index contributed by atoms with van der Waals surface area (Å²) in [5.41, 5.74) is 1.92. The summed E-state index contributed by atoms with van der Waals surface area (Å²) in [6.45, 7) is 0. The smallest absolute Gasteiger partial charge is 0.267 e. The van der Waals surface area contributed by atoms with E-state index in [1.54, 1.807) is 60.7 Å². The van der Waals surface area contributed by atoms with Crippen molar-refractivity contribution >= 4 is 47.3 Å². The molecule has 6 nitrogen and oxygen atoms in total. The molecule has 0 saturated carbocycles. The molecule has 0 unspecified atom stereocenters. The molecule has 1 heterocycles. The number of rotatable bonds is 6. The van der Waals surface area contributed by atoms with Crippen LogP contribution in [0.3, 0.4) is 0 Å². The molecule has 1 saturated heterocycles. The Kier molecular flexibility index (Phi) is 7.40. The zero-order valence-electron chi connectivity index (χ0n) is 19.9. The number of hydrogen-bond donors (Lipinski definition) is 0. The number of carbonyl (C=O) groups is 3. The third-order valence-corrected chi connectivity index (χ3v) is 7.61. The summed E-state index contributed by atoms with van der Waals surface area (Å²) in [6, 6.07) is 35.2. The SMILES string of the molecule is N#Cc1ccc(C(=C2C(=O)N(Sc3ccccc3)C(=O)N(Sc3ccccc3)C2=O)c2ccccc2)cc1. The van der Waals surface area contributed by atoms with Gasteiger partial charge in [-0.3, -0.25) is 9.59 Å². The largest absolute Gasteiger partial charge is 0.355 e. The van der Waals surface area contributed by atoms with Gasteiger partial charge in [0.15, 0.2) is 0 Å². The number of carbonyl (C=O) groups excluding carboxylic acids is 3. The first-order valence-corrected chi connectivity index (χ1v) is 13.1. The second-order valence-electron chi connectivity index (χ2n) is 8.10. The van der Waals surface area contributed by atoms with Gasteiger partial charge in [-0.2, -0.15) is 13.9 Å². The predicted molar refractivity (Wildman–Crippen MR) is 147 cm³/mol. The Morgan fingerprint density at radius 3 is 1.45 bits per heavy atom. The first kappa shape index (κ1) is 25.1. The highest BCUT2D eigenvalue weighted by atomic mass is 32.2. The third kappa shape index (κ3) is 5.11. The van der Waals surface area contributed by atoms with Crippen LogP contribution in [0.5, 0.6) is 0 Å². The first-order valence-electron chi connectivity index (χ1n) is 11.6. The highest BCUT2D eigenvalue weighted by molar-refractivity contribution is 7.99. The summed E-state index contributed by atoms with van der Waals surface area (Å²) in [5, 5.41) is 9.27. The summed E-state index contributed by atoms with van der Waals surface area (Å²) in [5.74, 6) is -1.41. The minimum absolute atomic E-state index is 0.132. The number of amides is 4. The van der Waals surface area contributed by atoms with E-state index in [0.717, 1.165) is 32.5 Å². The molecule has 4 aromatic carbocycles. The van der Waals surface area contributed by atoms with E-state index in [1.807, 2.05) is 54.6 Å². The van der Waals surface area contributed by atoms with E-state index in [9.17, 15) is 19.6 Å². The van der Waals surface area contributed by atoms with Gasteiger partial charge in [0.05, 0.1) is 11.6 Å². The van der Waals surface area contributed by atoms with Crippen LogP contribution in [0.2, 0.25) is 0 Å². The Morgan fingerprint density at radius 2 is 1.00 bits per heavy atom. The van der Waals surface area contributed by atoms with Crippen LogP contribution in [0, 0.1) is 11.3 Å². The second-order valence-corrected chi connectivity index (χ2v) is 10.1. The van der Waals surface area contributed by atoms with Crippen LogP contribution in [-0.2, 0) is 9.59 Å². The number of nitrogens with zero attached hydrogens (tertiary/aromatic N) is 3. The van der Waals surface area contributed by atoms with Crippen molar-refractivity contribution < 1.29 is 14.4 Å². The normalized spacial score (nSPS) is 13.4. The fourth-order valence-electron chi connectivity index (χ4n) is 3.87. The van der Waals surface area contributed by atoms with Gasteiger partial charge in [0.1, 0.15) is 5.57 Å². The lowest BCUT2D eigenvalue weighted by Gasteiger charge is -2.33. The lowest BCUT2D eigenvalue weighted by Crippen LogP contribution is -2.51. The number of nitriles is 1. The van der Waals surface area contributed by atoms with Crippen molar-refractivity contribution in [3.63, 3.8) is 0 Å². The quantitative estimate of drug-likeness (QED) is 0.159. The predicted octanol–water partition coefficient (Wildman–Crippen LogP) is 6.57. The number of benzene rings is 4. The molecule has 0 spiro atoms. The van der Waals surface area contributed by atoms with Crippen molar-refractivity contribution in [3.8, 4) is 6.07 Å². The minimum Gasteiger partial charge on any atom is -0.267 e. The van der Waals surface area contributed by atoms with Crippen LogP contribution in [0.15, 0.2) is 131 Å². The Morgan fingerprint density at radius 1 is 0.579 bits per heavy atom. The van der Waals surface area contributed by atoms with E-state index in [4.69, 9.17) is 0 Å². The van der Waals surface area contributed by atoms with Crippen LogP contribution >= 0.6 is 23.9 Å². The Bertz CT molecular complexity index is 1500. The van der Waals surface area contributed by atoms with Crippen LogP contribution in [0.25, 0.3) is 5.57 Å². The zero-order chi connectivity index (χ0) is 26.5. The zero-order valence-corrected chi connectivity index (χ0v) is 21.5. The fraction of sp³-hybridized carbons (Fsp3) is 0. The molecular formula is C30H19N3O3S2. The molecule has 184 valence electrons. The van der Waals surface area contributed by atoms with Gasteiger partial charge in [-0.1, -0.05) is 78.9 Å². The maximum Gasteiger partial charge on any atom is 0.355 e. The van der Waals surface area contributed by atoms with E-state index in [-0.39, 0.29) is 5.57 Å². The summed E-state index contributed by atoms with van der Waals surface area (Å²) in [7, 11) is 0. The van der Waals surface area contributed by atoms with Gasteiger partial charge in [0.2, 0.25) is 0 Å². The summed E-state index contributed by atoms with van der Waals surface area (Å²) >= 11 is 1.93. The lowest BCUT2D eigenvalue weighted by molar-refractivity contribution is -0.129. The number of barbiturate groups is 1. The molecule has 1 aliphatic rings. The van der Waals surface area contributed by atoms with Crippen molar-refractivity contribution in [2.75, 3.05) is 0 Å². The van der Waals surface area contributed by atoms with Crippen molar-refractivity contribution in [2.24, 2.45) is 0 Å². The Labute approximate surface area is 228 Å². The van der Waals surface area contributed by atoms with E-state index in [1.165, 1.54) is 0 Å². The highest BCUT2D eigenvalue weighted by Gasteiger charge is 2.45. The molecule has 5 rings (SSSR count). The summed E-state index contributed by atoms with van der Waals surface area (Å²) in [4.78, 5) is 42.9. The molecule has 0 aromatic heterocycles. The molecular weight excluding hydrogens is 514 g/mol. The van der Waals surface area contributed by atoms with Crippen LogP contribution in [0.4, 0.5) is 4.79 Å². The van der Waals surface area contributed by atoms with E-state index < -0.39 is 17.8 Å². The number of hydrogen-bond acceptors (Lipinski definition) is 6. The first-order chi connectivity index (χ1) is 18.6. The lowest BCUT2D eigenvalue weighted by atomic mass is 9.91. The standard InChI is InChI=1S/C30H19N3O3S2/c31-20-21-16-18-23(19-17-21)26(22-10-4-1-5-11-22)27-28(34)32(37-24-12-6-2-7-13-24)30(36)33(29(27)35)38-25-14-8-3-9-15-25/h1-19H. The molecule has 8 heteroatoms. The van der Waals surface area contributed by atoms with Crippen molar-refractivity contribution in [2.45, 2.75) is 9.79 Å². The van der Waals surface area contributed by atoms with Crippen molar-refractivity contribution in [1.82, 2.24) is 8.61 Å². The highest BCUT2D eigenvalue weighted by Crippen LogP contribution is 2.39. The maximum atomic E-state index is 14.0. The Hall–Kier alpha value is -4.58. The molecule has 1 fully saturated rings. The molecule has 1 aliphatic heterocycles. The van der Waals surface area contributed by atoms with Crippen LogP contribution in [-0.4, -0.2) is 26.5 Å². The molecule has 0 atom stereocenters. The van der Waals surface area contributed by atoms with Crippen molar-refractivity contribution in [1.29, 1.82) is 5.26 Å². The van der Waals surface area contributed by atoms with Crippen LogP contribution in [0.1, 0.15) is 16.7 Å². The molecule has 38 heavy (non-hydrogen) atoms. The van der Waals surface area contributed by atoms with Gasteiger partial charge >= 0.3 is 6.03 Å². The van der Waals surface area contributed by atoms with E-state index in [2.05, 4.69) is 6.07 Å². The number of imide groups is 2. The minimum atomic E-state index is -0.737. The van der Waals surface area contributed by atoms with Gasteiger partial charge in [-0.15, -0.1) is 0 Å². The fourth-order valence-corrected chi connectivity index (χ4v) is 5.57. The van der Waals surface area contributed by atoms with Gasteiger partial charge in [0, 0.05) is 15.4 Å². The van der Waals surface area contributed by atoms with E-state index in [0.29, 0.717) is 32.1 Å². The molecule has 0 radical (unpaired) electrons. The van der Waals surface area contributed by atoms with Gasteiger partial charge in [0.25, 0.3) is 11.8 Å². The van der Waals surface area contributed by atoms with Gasteiger partial charge in [-0.05, 0) is 71.4 Å². The maximum absolute atomic E-state index is 14.0. The monoisotopic (exact) mass is 533 g/mol. The summed E-state index contributed by atoms with van der Waals surface area (Å²) < 4.78 is 2.04.